The van der Waals surface area contributed by atoms with Crippen molar-refractivity contribution in [2.24, 2.45) is 0 Å². The number of nitrogens with zero attached hydrogens (tertiary/aromatic N) is 3. The highest BCUT2D eigenvalue weighted by Crippen LogP contribution is 2.19. The van der Waals surface area contributed by atoms with Gasteiger partial charge in [0.05, 0.1) is 6.54 Å². The van der Waals surface area contributed by atoms with Gasteiger partial charge in [0.1, 0.15) is 6.10 Å². The molecule has 3 saturated heterocycles. The molecule has 174 valence electrons. The molecule has 3 aliphatic rings. The van der Waals surface area contributed by atoms with E-state index in [1.807, 2.05) is 9.80 Å². The summed E-state index contributed by atoms with van der Waals surface area (Å²) in [6, 6.07) is 7.40. The molecule has 3 amide bonds. The molecule has 1 N–H and O–H groups in total. The fraction of sp³-hybridized carbons (Fsp3) is 0.625. The van der Waals surface area contributed by atoms with Crippen LogP contribution in [0.1, 0.15) is 49.4 Å². The first-order chi connectivity index (χ1) is 15.5. The third kappa shape index (κ3) is 5.48. The van der Waals surface area contributed by atoms with E-state index < -0.39 is 6.10 Å². The van der Waals surface area contributed by atoms with Gasteiger partial charge in [-0.05, 0) is 57.2 Å². The molecule has 1 aromatic rings. The summed E-state index contributed by atoms with van der Waals surface area (Å²) in [6.07, 6.45) is 4.59. The highest BCUT2D eigenvalue weighted by molar-refractivity contribution is 5.98. The number of benzene rings is 1. The molecule has 0 aliphatic carbocycles. The van der Waals surface area contributed by atoms with Gasteiger partial charge < -0.3 is 19.9 Å². The predicted molar refractivity (Wildman–Crippen MR) is 121 cm³/mol. The first-order valence-corrected chi connectivity index (χ1v) is 11.8. The minimum absolute atomic E-state index is 0.0474. The highest BCUT2D eigenvalue weighted by Gasteiger charge is 2.28. The summed E-state index contributed by atoms with van der Waals surface area (Å²) in [4.78, 5) is 44.0. The van der Waals surface area contributed by atoms with Crippen molar-refractivity contribution in [3.63, 3.8) is 0 Å². The highest BCUT2D eigenvalue weighted by atomic mass is 16.5. The normalized spacial score (nSPS) is 24.4. The van der Waals surface area contributed by atoms with Crippen LogP contribution in [0.25, 0.3) is 0 Å². The maximum absolute atomic E-state index is 13.0. The number of nitrogens with one attached hydrogen (secondary N) is 1. The molecule has 3 aliphatic heterocycles. The second-order valence-corrected chi connectivity index (χ2v) is 9.07. The summed E-state index contributed by atoms with van der Waals surface area (Å²) in [5.41, 5.74) is 1.16. The lowest BCUT2D eigenvalue weighted by Crippen LogP contribution is -2.53. The quantitative estimate of drug-likeness (QED) is 0.754. The monoisotopic (exact) mass is 442 g/mol. The Kier molecular flexibility index (Phi) is 7.42. The number of likely N-dealkylation sites (tertiary alicyclic amines) is 1. The van der Waals surface area contributed by atoms with Gasteiger partial charge in [-0.1, -0.05) is 6.07 Å². The standard InChI is InChI=1S/C24H34N4O4/c1-18-6-2-3-10-28(18)22(29)17-26-11-13-27(14-12-26)24(31)19-7-4-8-20(16-19)25-23(30)21-9-5-15-32-21/h4,7-8,16,18,21H,2-3,5-6,9-15,17H2,1H3,(H,25,30). The molecular formula is C24H34N4O4. The number of hydrogen-bond acceptors (Lipinski definition) is 5. The van der Waals surface area contributed by atoms with Crippen molar-refractivity contribution < 1.29 is 19.1 Å². The lowest BCUT2D eigenvalue weighted by molar-refractivity contribution is -0.136. The average Bonchev–Trinajstić information content (AvgIpc) is 3.35. The molecule has 1 aromatic carbocycles. The fourth-order valence-corrected chi connectivity index (χ4v) is 4.78. The van der Waals surface area contributed by atoms with Gasteiger partial charge in [-0.2, -0.15) is 0 Å². The number of piperazine rings is 1. The van der Waals surface area contributed by atoms with Gasteiger partial charge in [0, 0.05) is 56.6 Å². The molecule has 0 spiro atoms. The Balaban J connectivity index is 1.27. The molecule has 3 fully saturated rings. The minimum atomic E-state index is -0.405. The maximum Gasteiger partial charge on any atom is 0.254 e. The Morgan fingerprint density at radius 1 is 1.03 bits per heavy atom. The molecule has 2 atom stereocenters. The van der Waals surface area contributed by atoms with E-state index in [9.17, 15) is 14.4 Å². The number of ether oxygens (including phenoxy) is 1. The Hall–Kier alpha value is -2.45. The van der Waals surface area contributed by atoms with Crippen LogP contribution < -0.4 is 5.32 Å². The molecule has 8 nitrogen and oxygen atoms in total. The van der Waals surface area contributed by atoms with Crippen LogP contribution in [0, 0.1) is 0 Å². The molecule has 32 heavy (non-hydrogen) atoms. The smallest absolute Gasteiger partial charge is 0.254 e. The van der Waals surface area contributed by atoms with Gasteiger partial charge in [-0.3, -0.25) is 19.3 Å². The third-order valence-corrected chi connectivity index (χ3v) is 6.74. The molecule has 8 heteroatoms. The SMILES string of the molecule is CC1CCCCN1C(=O)CN1CCN(C(=O)c2cccc(NC(=O)C3CCCO3)c2)CC1. The molecule has 0 saturated carbocycles. The zero-order valence-corrected chi connectivity index (χ0v) is 18.9. The second kappa shape index (κ2) is 10.4. The second-order valence-electron chi connectivity index (χ2n) is 9.07. The summed E-state index contributed by atoms with van der Waals surface area (Å²) in [5, 5.41) is 2.86. The Morgan fingerprint density at radius 3 is 2.56 bits per heavy atom. The van der Waals surface area contributed by atoms with Gasteiger partial charge in [0.2, 0.25) is 5.91 Å². The van der Waals surface area contributed by atoms with Crippen LogP contribution in [-0.4, -0.2) is 90.4 Å². The van der Waals surface area contributed by atoms with Crippen molar-refractivity contribution in [2.45, 2.75) is 51.2 Å². The molecule has 4 rings (SSSR count). The Bertz CT molecular complexity index is 831. The number of amides is 3. The van der Waals surface area contributed by atoms with Gasteiger partial charge >= 0.3 is 0 Å². The number of anilines is 1. The van der Waals surface area contributed by atoms with Gasteiger partial charge in [0.15, 0.2) is 0 Å². The van der Waals surface area contributed by atoms with Crippen molar-refractivity contribution in [3.05, 3.63) is 29.8 Å². The zero-order chi connectivity index (χ0) is 22.5. The maximum atomic E-state index is 13.0. The van der Waals surface area contributed by atoms with E-state index in [0.717, 1.165) is 32.2 Å². The van der Waals surface area contributed by atoms with Crippen molar-refractivity contribution in [1.82, 2.24) is 14.7 Å². The molecule has 0 radical (unpaired) electrons. The van der Waals surface area contributed by atoms with Crippen LogP contribution in [0.4, 0.5) is 5.69 Å². The minimum Gasteiger partial charge on any atom is -0.368 e. The van der Waals surface area contributed by atoms with Gasteiger partial charge in [-0.25, -0.2) is 0 Å². The van der Waals surface area contributed by atoms with Crippen LogP contribution in [0.15, 0.2) is 24.3 Å². The van der Waals surface area contributed by atoms with Crippen LogP contribution in [0.2, 0.25) is 0 Å². The van der Waals surface area contributed by atoms with Crippen LogP contribution in [0.3, 0.4) is 0 Å². The molecular weight excluding hydrogens is 408 g/mol. The van der Waals surface area contributed by atoms with Crippen LogP contribution >= 0.6 is 0 Å². The number of rotatable bonds is 5. The Labute approximate surface area is 189 Å². The summed E-state index contributed by atoms with van der Waals surface area (Å²) >= 11 is 0. The number of piperidine rings is 1. The predicted octanol–water partition coefficient (Wildman–Crippen LogP) is 1.96. The molecule has 3 heterocycles. The summed E-state index contributed by atoms with van der Waals surface area (Å²) in [7, 11) is 0. The van der Waals surface area contributed by atoms with E-state index in [2.05, 4.69) is 17.1 Å². The van der Waals surface area contributed by atoms with E-state index in [1.54, 1.807) is 24.3 Å². The first-order valence-electron chi connectivity index (χ1n) is 11.8. The summed E-state index contributed by atoms with van der Waals surface area (Å²) in [5.74, 6) is -0.00564. The molecule has 0 aromatic heterocycles. The number of carbonyl (C=O) groups excluding carboxylic acids is 3. The van der Waals surface area contributed by atoms with Crippen molar-refractivity contribution in [2.75, 3.05) is 51.2 Å². The van der Waals surface area contributed by atoms with Crippen molar-refractivity contribution in [1.29, 1.82) is 0 Å². The van der Waals surface area contributed by atoms with Crippen LogP contribution in [0.5, 0.6) is 0 Å². The van der Waals surface area contributed by atoms with Gasteiger partial charge in [0.25, 0.3) is 11.8 Å². The average molecular weight is 443 g/mol. The van der Waals surface area contributed by atoms with E-state index in [1.165, 1.54) is 6.42 Å². The Morgan fingerprint density at radius 2 is 1.84 bits per heavy atom. The van der Waals surface area contributed by atoms with Crippen molar-refractivity contribution >= 4 is 23.4 Å². The molecule has 2 unspecified atom stereocenters. The van der Waals surface area contributed by atoms with E-state index in [4.69, 9.17) is 4.74 Å². The largest absolute Gasteiger partial charge is 0.368 e. The fourth-order valence-electron chi connectivity index (χ4n) is 4.78. The number of carbonyl (C=O) groups is 3. The number of hydrogen-bond donors (Lipinski definition) is 1. The van der Waals surface area contributed by atoms with Crippen LogP contribution in [-0.2, 0) is 14.3 Å². The lowest BCUT2D eigenvalue weighted by atomic mass is 10.0. The van der Waals surface area contributed by atoms with E-state index >= 15 is 0 Å². The first kappa shape index (κ1) is 22.7. The van der Waals surface area contributed by atoms with Crippen molar-refractivity contribution in [3.8, 4) is 0 Å². The van der Waals surface area contributed by atoms with E-state index in [0.29, 0.717) is 56.6 Å². The lowest BCUT2D eigenvalue weighted by Gasteiger charge is -2.38. The molecule has 0 bridgehead atoms. The summed E-state index contributed by atoms with van der Waals surface area (Å²) in [6.45, 7) is 6.60. The zero-order valence-electron chi connectivity index (χ0n) is 18.9. The summed E-state index contributed by atoms with van der Waals surface area (Å²) < 4.78 is 5.42. The van der Waals surface area contributed by atoms with Gasteiger partial charge in [-0.15, -0.1) is 0 Å². The topological polar surface area (TPSA) is 82.2 Å². The van der Waals surface area contributed by atoms with E-state index in [-0.39, 0.29) is 17.7 Å². The third-order valence-electron chi connectivity index (χ3n) is 6.74.